The minimum absolute atomic E-state index is 0. The molecule has 16 heavy (non-hydrogen) atoms. The summed E-state index contributed by atoms with van der Waals surface area (Å²) < 4.78 is 38.8. The molecule has 0 fully saturated rings. The fourth-order valence-electron chi connectivity index (χ4n) is 1.05. The number of aliphatic hydroxyl groups is 1. The molecule has 0 saturated carbocycles. The van der Waals surface area contributed by atoms with Gasteiger partial charge in [0.1, 0.15) is 12.4 Å². The quantitative estimate of drug-likeness (QED) is 0.891. The molecule has 2 nitrogen and oxygen atoms in total. The number of aliphatic hydroxyl groups excluding tert-OH is 1. The summed E-state index contributed by atoms with van der Waals surface area (Å²) in [7, 11) is 0. The van der Waals surface area contributed by atoms with E-state index in [1.165, 1.54) is 6.07 Å². The number of nitrogens with two attached hydrogens (primary N) is 1. The molecule has 0 amide bonds. The van der Waals surface area contributed by atoms with E-state index in [0.29, 0.717) is 0 Å². The Morgan fingerprint density at radius 3 is 2.44 bits per heavy atom. The monoisotopic (exact) mass is 275 g/mol. The number of alkyl halides is 2. The van der Waals surface area contributed by atoms with Crippen LogP contribution in [0.25, 0.3) is 0 Å². The van der Waals surface area contributed by atoms with Crippen molar-refractivity contribution in [3.63, 3.8) is 0 Å². The Bertz CT molecular complexity index is 363. The minimum Gasteiger partial charge on any atom is -0.390 e. The lowest BCUT2D eigenvalue weighted by atomic mass is 10.0. The van der Waals surface area contributed by atoms with Gasteiger partial charge in [-0.2, -0.15) is 0 Å². The molecule has 0 aromatic heterocycles. The molecule has 1 atom stereocenters. The van der Waals surface area contributed by atoms with Gasteiger partial charge >= 0.3 is 0 Å². The Kier molecular flexibility index (Phi) is 5.55. The predicted octanol–water partition coefficient (Wildman–Crippen LogP) is 2.53. The average molecular weight is 276 g/mol. The van der Waals surface area contributed by atoms with E-state index in [0.717, 1.165) is 12.1 Å². The maximum absolute atomic E-state index is 12.9. The summed E-state index contributed by atoms with van der Waals surface area (Å²) in [6, 6.07) is 1.41. The normalized spacial score (nSPS) is 13.1. The Hall–Kier alpha value is -0.490. The van der Waals surface area contributed by atoms with Crippen molar-refractivity contribution in [1.82, 2.24) is 0 Å². The molecule has 1 aromatic carbocycles. The van der Waals surface area contributed by atoms with Crippen LogP contribution in [0.3, 0.4) is 0 Å². The summed E-state index contributed by atoms with van der Waals surface area (Å²) in [5.74, 6) is -4.31. The first-order chi connectivity index (χ1) is 6.88. The molecule has 0 bridgehead atoms. The fraction of sp³-hybridized carbons (Fsp3) is 0.333. The van der Waals surface area contributed by atoms with Crippen molar-refractivity contribution in [1.29, 1.82) is 0 Å². The van der Waals surface area contributed by atoms with Crippen LogP contribution in [0.5, 0.6) is 0 Å². The van der Waals surface area contributed by atoms with Gasteiger partial charge in [0.2, 0.25) is 0 Å². The van der Waals surface area contributed by atoms with Crippen LogP contribution in [0.2, 0.25) is 5.02 Å². The standard InChI is InChI=1S/C9H9ClF3NO.ClH/c10-6-2-1-5(3-7(6)11)8(14)9(12,13)4-15;/h1-3,8,15H,4,14H2;1H/t8-;/m1./s1. The Labute approximate surface area is 102 Å². The first-order valence-electron chi connectivity index (χ1n) is 4.07. The van der Waals surface area contributed by atoms with Crippen molar-refractivity contribution in [3.8, 4) is 0 Å². The largest absolute Gasteiger partial charge is 0.390 e. The first-order valence-corrected chi connectivity index (χ1v) is 4.45. The molecule has 0 radical (unpaired) electrons. The van der Waals surface area contributed by atoms with Gasteiger partial charge in [0.15, 0.2) is 0 Å². The van der Waals surface area contributed by atoms with Gasteiger partial charge in [-0.05, 0) is 17.7 Å². The molecule has 0 aliphatic rings. The summed E-state index contributed by atoms with van der Waals surface area (Å²) in [6.45, 7) is -1.39. The maximum Gasteiger partial charge on any atom is 0.289 e. The number of rotatable bonds is 3. The molecule has 0 aliphatic carbocycles. The third-order valence-electron chi connectivity index (χ3n) is 1.97. The number of halogens is 5. The van der Waals surface area contributed by atoms with Gasteiger partial charge in [0, 0.05) is 0 Å². The van der Waals surface area contributed by atoms with Crippen molar-refractivity contribution in [2.45, 2.75) is 12.0 Å². The van der Waals surface area contributed by atoms with Crippen LogP contribution >= 0.6 is 24.0 Å². The summed E-state index contributed by atoms with van der Waals surface area (Å²) in [6.07, 6.45) is 0. The zero-order chi connectivity index (χ0) is 11.6. The minimum atomic E-state index is -3.49. The average Bonchev–Trinajstić information content (AvgIpc) is 2.21. The summed E-state index contributed by atoms with van der Waals surface area (Å²) >= 11 is 5.38. The molecule has 1 rings (SSSR count). The highest BCUT2D eigenvalue weighted by atomic mass is 35.5. The molecule has 1 aromatic rings. The zero-order valence-electron chi connectivity index (χ0n) is 7.96. The van der Waals surface area contributed by atoms with E-state index in [1.807, 2.05) is 0 Å². The molecule has 0 saturated heterocycles. The van der Waals surface area contributed by atoms with Gasteiger partial charge in [-0.1, -0.05) is 17.7 Å². The van der Waals surface area contributed by atoms with E-state index in [-0.39, 0.29) is 23.0 Å². The van der Waals surface area contributed by atoms with Crippen molar-refractivity contribution in [2.75, 3.05) is 6.61 Å². The highest BCUT2D eigenvalue weighted by molar-refractivity contribution is 6.30. The van der Waals surface area contributed by atoms with Gasteiger partial charge in [0.25, 0.3) is 5.92 Å². The molecular weight excluding hydrogens is 266 g/mol. The van der Waals surface area contributed by atoms with Crippen molar-refractivity contribution in [3.05, 3.63) is 34.6 Å². The molecule has 92 valence electrons. The zero-order valence-corrected chi connectivity index (χ0v) is 9.53. The Balaban J connectivity index is 0.00000225. The van der Waals surface area contributed by atoms with E-state index >= 15 is 0 Å². The number of hydrogen-bond acceptors (Lipinski definition) is 2. The van der Waals surface area contributed by atoms with Gasteiger partial charge < -0.3 is 10.8 Å². The first kappa shape index (κ1) is 15.5. The lowest BCUT2D eigenvalue weighted by molar-refractivity contribution is -0.0712. The van der Waals surface area contributed by atoms with Crippen LogP contribution in [0.15, 0.2) is 18.2 Å². The molecular formula is C9H10Cl2F3NO. The van der Waals surface area contributed by atoms with Crippen molar-refractivity contribution in [2.24, 2.45) is 5.73 Å². The third kappa shape index (κ3) is 3.25. The number of hydrogen-bond donors (Lipinski definition) is 2. The van der Waals surface area contributed by atoms with Crippen LogP contribution in [0, 0.1) is 5.82 Å². The lowest BCUT2D eigenvalue weighted by Crippen LogP contribution is -2.36. The molecule has 7 heteroatoms. The second kappa shape index (κ2) is 5.72. The predicted molar refractivity (Wildman–Crippen MR) is 57.6 cm³/mol. The lowest BCUT2D eigenvalue weighted by Gasteiger charge is -2.21. The summed E-state index contributed by atoms with van der Waals surface area (Å²) in [5, 5.41) is 8.23. The smallest absolute Gasteiger partial charge is 0.289 e. The summed E-state index contributed by atoms with van der Waals surface area (Å²) in [5.41, 5.74) is 5.07. The molecule has 0 aliphatic heterocycles. The molecule has 3 N–H and O–H groups in total. The molecule has 0 heterocycles. The van der Waals surface area contributed by atoms with Crippen LogP contribution in [-0.4, -0.2) is 17.6 Å². The number of benzene rings is 1. The maximum atomic E-state index is 12.9. The Morgan fingerprint density at radius 2 is 2.00 bits per heavy atom. The van der Waals surface area contributed by atoms with Crippen LogP contribution in [0.4, 0.5) is 13.2 Å². The van der Waals surface area contributed by atoms with Gasteiger partial charge in [-0.3, -0.25) is 0 Å². The van der Waals surface area contributed by atoms with Crippen LogP contribution in [-0.2, 0) is 0 Å². The highest BCUT2D eigenvalue weighted by Crippen LogP contribution is 2.30. The van der Waals surface area contributed by atoms with Crippen molar-refractivity contribution >= 4 is 24.0 Å². The van der Waals surface area contributed by atoms with Crippen molar-refractivity contribution < 1.29 is 18.3 Å². The second-order valence-electron chi connectivity index (χ2n) is 3.07. The van der Waals surface area contributed by atoms with E-state index in [1.54, 1.807) is 0 Å². The molecule has 0 unspecified atom stereocenters. The Morgan fingerprint density at radius 1 is 1.44 bits per heavy atom. The fourth-order valence-corrected chi connectivity index (χ4v) is 1.17. The van der Waals surface area contributed by atoms with Gasteiger partial charge in [-0.15, -0.1) is 12.4 Å². The topological polar surface area (TPSA) is 46.2 Å². The summed E-state index contributed by atoms with van der Waals surface area (Å²) in [4.78, 5) is 0. The van der Waals surface area contributed by atoms with Gasteiger partial charge in [-0.25, -0.2) is 13.2 Å². The van der Waals surface area contributed by atoms with Crippen LogP contribution in [0.1, 0.15) is 11.6 Å². The second-order valence-corrected chi connectivity index (χ2v) is 3.48. The highest BCUT2D eigenvalue weighted by Gasteiger charge is 2.37. The third-order valence-corrected chi connectivity index (χ3v) is 2.28. The van der Waals surface area contributed by atoms with E-state index < -0.39 is 24.4 Å². The van der Waals surface area contributed by atoms with E-state index in [4.69, 9.17) is 22.4 Å². The van der Waals surface area contributed by atoms with Gasteiger partial charge in [0.05, 0.1) is 11.1 Å². The SMILES string of the molecule is Cl.N[C@H](c1ccc(Cl)c(F)c1)C(F)(F)CO. The van der Waals surface area contributed by atoms with E-state index in [9.17, 15) is 13.2 Å². The van der Waals surface area contributed by atoms with Crippen LogP contribution < -0.4 is 5.73 Å². The molecule has 0 spiro atoms. The van der Waals surface area contributed by atoms with E-state index in [2.05, 4.69) is 0 Å².